The number of hydrogen-bond acceptors (Lipinski definition) is 4. The second-order valence-electron chi connectivity index (χ2n) is 3.53. The quantitative estimate of drug-likeness (QED) is 0.813. The average Bonchev–Trinajstić information content (AvgIpc) is 2.90. The molecule has 0 fully saturated rings. The van der Waals surface area contributed by atoms with E-state index in [1.54, 1.807) is 25.3 Å². The van der Waals surface area contributed by atoms with Gasteiger partial charge in [0.05, 0.1) is 31.6 Å². The Morgan fingerprint density at radius 1 is 1.28 bits per heavy atom. The molecule has 94 valence electrons. The maximum absolute atomic E-state index is 12.3. The number of ether oxygens (including phenoxy) is 2. The van der Waals surface area contributed by atoms with Crippen molar-refractivity contribution in [1.82, 2.24) is 0 Å². The molecule has 0 aliphatic carbocycles. The summed E-state index contributed by atoms with van der Waals surface area (Å²) < 4.78 is 15.9. The Labute approximate surface area is 113 Å². The number of rotatable bonds is 4. The molecule has 2 aromatic rings. The van der Waals surface area contributed by atoms with Crippen molar-refractivity contribution >= 4 is 21.7 Å². The van der Waals surface area contributed by atoms with Gasteiger partial charge in [0.1, 0.15) is 17.8 Å². The monoisotopic (exact) mass is 310 g/mol. The minimum atomic E-state index is -0.171. The van der Waals surface area contributed by atoms with Crippen LogP contribution in [0, 0.1) is 0 Å². The molecular weight excluding hydrogens is 300 g/mol. The molecule has 5 heteroatoms. The summed E-state index contributed by atoms with van der Waals surface area (Å²) in [6.07, 6.45) is 2.86. The first-order valence-corrected chi connectivity index (χ1v) is 5.95. The molecule has 1 heterocycles. The van der Waals surface area contributed by atoms with E-state index in [1.807, 2.05) is 0 Å². The van der Waals surface area contributed by atoms with Gasteiger partial charge in [-0.3, -0.25) is 4.79 Å². The van der Waals surface area contributed by atoms with E-state index in [-0.39, 0.29) is 5.78 Å². The molecule has 0 bridgehead atoms. The summed E-state index contributed by atoms with van der Waals surface area (Å²) in [6.45, 7) is 0. The fourth-order valence-electron chi connectivity index (χ4n) is 1.60. The largest absolute Gasteiger partial charge is 0.497 e. The van der Waals surface area contributed by atoms with Gasteiger partial charge in [0.15, 0.2) is 0 Å². The van der Waals surface area contributed by atoms with Crippen LogP contribution < -0.4 is 9.47 Å². The first kappa shape index (κ1) is 12.7. The Morgan fingerprint density at radius 2 is 2.06 bits per heavy atom. The van der Waals surface area contributed by atoms with Gasteiger partial charge in [-0.2, -0.15) is 0 Å². The molecule has 0 saturated heterocycles. The number of carbonyl (C=O) groups excluding carboxylic acids is 1. The lowest BCUT2D eigenvalue weighted by Gasteiger charge is -2.11. The summed E-state index contributed by atoms with van der Waals surface area (Å²) in [6, 6.07) is 4.99. The van der Waals surface area contributed by atoms with Crippen LogP contribution in [0.25, 0.3) is 0 Å². The average molecular weight is 311 g/mol. The highest BCUT2D eigenvalue weighted by Gasteiger charge is 2.20. The van der Waals surface area contributed by atoms with E-state index in [9.17, 15) is 4.79 Å². The summed E-state index contributed by atoms with van der Waals surface area (Å²) in [5.74, 6) is 0.894. The van der Waals surface area contributed by atoms with Crippen LogP contribution in [0.4, 0.5) is 0 Å². The number of furan rings is 1. The van der Waals surface area contributed by atoms with Gasteiger partial charge in [0.2, 0.25) is 5.78 Å². The first-order valence-electron chi connectivity index (χ1n) is 5.15. The fourth-order valence-corrected chi connectivity index (χ4v) is 2.20. The van der Waals surface area contributed by atoms with Gasteiger partial charge in [-0.15, -0.1) is 0 Å². The maximum atomic E-state index is 12.3. The van der Waals surface area contributed by atoms with Crippen molar-refractivity contribution in [2.75, 3.05) is 14.2 Å². The van der Waals surface area contributed by atoms with Crippen LogP contribution in [0.2, 0.25) is 0 Å². The van der Waals surface area contributed by atoms with E-state index in [4.69, 9.17) is 13.9 Å². The Hall–Kier alpha value is -1.75. The molecule has 0 aliphatic rings. The zero-order valence-corrected chi connectivity index (χ0v) is 11.5. The third-order valence-electron chi connectivity index (χ3n) is 2.49. The lowest BCUT2D eigenvalue weighted by atomic mass is 10.0. The molecule has 0 radical (unpaired) electrons. The molecule has 4 nitrogen and oxygen atoms in total. The van der Waals surface area contributed by atoms with Crippen molar-refractivity contribution in [2.45, 2.75) is 0 Å². The van der Waals surface area contributed by atoms with Crippen LogP contribution in [-0.4, -0.2) is 20.0 Å². The minimum Gasteiger partial charge on any atom is -0.497 e. The molecular formula is C13H11BrO4. The van der Waals surface area contributed by atoms with Crippen molar-refractivity contribution in [1.29, 1.82) is 0 Å². The highest BCUT2D eigenvalue weighted by Crippen LogP contribution is 2.34. The summed E-state index contributed by atoms with van der Waals surface area (Å²) in [7, 11) is 3.06. The molecule has 0 amide bonds. The predicted molar refractivity (Wildman–Crippen MR) is 69.4 cm³/mol. The van der Waals surface area contributed by atoms with E-state index in [0.717, 1.165) is 0 Å². The van der Waals surface area contributed by atoms with Gasteiger partial charge in [-0.05, 0) is 28.1 Å². The smallest absolute Gasteiger partial charge is 0.201 e. The van der Waals surface area contributed by atoms with Crippen LogP contribution >= 0.6 is 15.9 Å². The Bertz CT molecular complexity index is 561. The number of carbonyl (C=O) groups is 1. The van der Waals surface area contributed by atoms with Crippen LogP contribution in [0.5, 0.6) is 11.5 Å². The minimum absolute atomic E-state index is 0.171. The fraction of sp³-hybridized carbons (Fsp3) is 0.154. The van der Waals surface area contributed by atoms with Crippen LogP contribution in [0.3, 0.4) is 0 Å². The van der Waals surface area contributed by atoms with E-state index >= 15 is 0 Å². The number of benzene rings is 1. The summed E-state index contributed by atoms with van der Waals surface area (Å²) in [4.78, 5) is 12.3. The predicted octanol–water partition coefficient (Wildman–Crippen LogP) is 3.29. The van der Waals surface area contributed by atoms with Crippen molar-refractivity contribution in [3.8, 4) is 11.5 Å². The number of ketones is 1. The van der Waals surface area contributed by atoms with Crippen molar-refractivity contribution in [3.63, 3.8) is 0 Å². The molecule has 0 spiro atoms. The lowest BCUT2D eigenvalue weighted by molar-refractivity contribution is 0.103. The van der Waals surface area contributed by atoms with Gasteiger partial charge in [-0.1, -0.05) is 0 Å². The van der Waals surface area contributed by atoms with Crippen LogP contribution in [0.15, 0.2) is 39.6 Å². The standard InChI is InChI=1S/C13H11BrO4/c1-16-9-5-10(14)12(11(6-9)17-2)13(15)8-3-4-18-7-8/h3-7H,1-2H3. The van der Waals surface area contributed by atoms with Crippen LogP contribution in [-0.2, 0) is 0 Å². The van der Waals surface area contributed by atoms with Gasteiger partial charge in [0, 0.05) is 10.5 Å². The first-order chi connectivity index (χ1) is 8.67. The van der Waals surface area contributed by atoms with Gasteiger partial charge in [0.25, 0.3) is 0 Å². The molecule has 18 heavy (non-hydrogen) atoms. The Kier molecular flexibility index (Phi) is 3.72. The van der Waals surface area contributed by atoms with Crippen molar-refractivity contribution in [2.24, 2.45) is 0 Å². The summed E-state index contributed by atoms with van der Waals surface area (Å²) in [5.41, 5.74) is 0.916. The van der Waals surface area contributed by atoms with Crippen LogP contribution in [0.1, 0.15) is 15.9 Å². The molecule has 2 rings (SSSR count). The van der Waals surface area contributed by atoms with E-state index in [1.165, 1.54) is 19.6 Å². The molecule has 0 unspecified atom stereocenters. The number of halogens is 1. The zero-order chi connectivity index (χ0) is 13.1. The van der Waals surface area contributed by atoms with Gasteiger partial charge < -0.3 is 13.9 Å². The SMILES string of the molecule is COc1cc(Br)c(C(=O)c2ccoc2)c(OC)c1. The second kappa shape index (κ2) is 5.27. The molecule has 1 aromatic carbocycles. The van der Waals surface area contributed by atoms with Crippen molar-refractivity contribution in [3.05, 3.63) is 46.3 Å². The second-order valence-corrected chi connectivity index (χ2v) is 4.38. The maximum Gasteiger partial charge on any atom is 0.201 e. The molecule has 0 atom stereocenters. The molecule has 1 aromatic heterocycles. The Morgan fingerprint density at radius 3 is 2.61 bits per heavy atom. The molecule has 0 aliphatic heterocycles. The highest BCUT2D eigenvalue weighted by molar-refractivity contribution is 9.10. The van der Waals surface area contributed by atoms with E-state index in [2.05, 4.69) is 15.9 Å². The number of methoxy groups -OCH3 is 2. The normalized spacial score (nSPS) is 10.2. The summed E-state index contributed by atoms with van der Waals surface area (Å²) in [5, 5.41) is 0. The third-order valence-corrected chi connectivity index (χ3v) is 3.12. The third kappa shape index (κ3) is 2.26. The topological polar surface area (TPSA) is 48.7 Å². The van der Waals surface area contributed by atoms with Crippen molar-refractivity contribution < 1.29 is 18.7 Å². The molecule has 0 saturated carbocycles. The molecule has 0 N–H and O–H groups in total. The Balaban J connectivity index is 2.53. The zero-order valence-electron chi connectivity index (χ0n) is 9.90. The van der Waals surface area contributed by atoms with E-state index in [0.29, 0.717) is 27.1 Å². The summed E-state index contributed by atoms with van der Waals surface area (Å²) >= 11 is 3.35. The van der Waals surface area contributed by atoms with E-state index < -0.39 is 0 Å². The van der Waals surface area contributed by atoms with Gasteiger partial charge in [-0.25, -0.2) is 0 Å². The number of hydrogen-bond donors (Lipinski definition) is 0. The lowest BCUT2D eigenvalue weighted by Crippen LogP contribution is -2.04. The highest BCUT2D eigenvalue weighted by atomic mass is 79.9. The van der Waals surface area contributed by atoms with Gasteiger partial charge >= 0.3 is 0 Å².